The Morgan fingerprint density at radius 2 is 1.90 bits per heavy atom. The van der Waals surface area contributed by atoms with Gasteiger partial charge in [-0.3, -0.25) is 19.2 Å². The van der Waals surface area contributed by atoms with Crippen molar-refractivity contribution in [2.45, 2.75) is 32.1 Å². The summed E-state index contributed by atoms with van der Waals surface area (Å²) in [6.45, 7) is 1.89. The van der Waals surface area contributed by atoms with Crippen LogP contribution in [0.1, 0.15) is 50.0 Å². The molecule has 3 heterocycles. The van der Waals surface area contributed by atoms with Crippen molar-refractivity contribution in [2.24, 2.45) is 0 Å². The van der Waals surface area contributed by atoms with E-state index in [1.165, 1.54) is 46.6 Å². The lowest BCUT2D eigenvalue weighted by Gasteiger charge is -2.25. The number of thiophene rings is 1. The number of benzene rings is 3. The maximum Gasteiger partial charge on any atom is 0.255 e. The maximum atomic E-state index is 14.8. The van der Waals surface area contributed by atoms with Crippen LogP contribution in [-0.2, 0) is 16.1 Å². The predicted molar refractivity (Wildman–Crippen MR) is 177 cm³/mol. The first kappa shape index (κ1) is 33.1. The summed E-state index contributed by atoms with van der Waals surface area (Å²) in [6.07, 6.45) is -0.0663. The van der Waals surface area contributed by atoms with E-state index in [-0.39, 0.29) is 74.5 Å². The fraction of sp³-hybridized carbons (Fsp3) is 0.314. The minimum absolute atomic E-state index is 0.00235. The average Bonchev–Trinajstić information content (AvgIpc) is 3.69. The number of halogens is 1. The van der Waals surface area contributed by atoms with Crippen molar-refractivity contribution in [1.29, 1.82) is 0 Å². The Bertz CT molecular complexity index is 1860. The Balaban J connectivity index is 1.33. The molecule has 3 N–H and O–H groups in total. The number of rotatable bonds is 6. The first-order valence-corrected chi connectivity index (χ1v) is 16.6. The lowest BCUT2D eigenvalue weighted by molar-refractivity contribution is -0.123. The van der Waals surface area contributed by atoms with Crippen LogP contribution in [0.5, 0.6) is 11.5 Å². The molecule has 1 saturated heterocycles. The van der Waals surface area contributed by atoms with Gasteiger partial charge in [0.2, 0.25) is 5.91 Å². The molecule has 0 unspecified atom stereocenters. The summed E-state index contributed by atoms with van der Waals surface area (Å²) >= 11 is 1.48. The SMILES string of the molecule is CCCN1CC(=O)N[C@@H]2CN(C(=O)c3csc4ccccc34)C[C@H]2OCc2cc(F)cc(c2)Oc2cc(C(=O)NCCO)cc(c2)C1=O. The van der Waals surface area contributed by atoms with E-state index in [0.717, 1.165) is 10.1 Å². The normalized spacial score (nSPS) is 18.3. The van der Waals surface area contributed by atoms with Gasteiger partial charge >= 0.3 is 0 Å². The molecule has 0 radical (unpaired) electrons. The van der Waals surface area contributed by atoms with E-state index in [4.69, 9.17) is 9.47 Å². The van der Waals surface area contributed by atoms with Gasteiger partial charge in [0.1, 0.15) is 17.3 Å². The van der Waals surface area contributed by atoms with Gasteiger partial charge in [0.25, 0.3) is 17.7 Å². The van der Waals surface area contributed by atoms with Gasteiger partial charge in [-0.1, -0.05) is 25.1 Å². The number of amides is 4. The van der Waals surface area contributed by atoms with Crippen molar-refractivity contribution in [2.75, 3.05) is 39.3 Å². The molecule has 1 fully saturated rings. The van der Waals surface area contributed by atoms with Crippen molar-refractivity contribution in [3.05, 3.63) is 94.1 Å². The standard InChI is InChI=1S/C35H35FN4O7S/c1-2-8-39-18-32(42)38-29-16-40(35(45)28-20-48-31-6-4-3-5-27(28)31)17-30(29)46-19-21-10-24(36)15-25(11-21)47-26-13-22(33(43)37-7-9-41)12-23(14-26)34(39)44/h3-6,10-15,20,29-30,41H,2,7-9,16-19H2,1H3,(H,37,43)(H,38,42)/t29-,30-/m1/s1. The topological polar surface area (TPSA) is 138 Å². The fourth-order valence-corrected chi connectivity index (χ4v) is 6.91. The lowest BCUT2D eigenvalue weighted by atomic mass is 10.1. The first-order valence-electron chi connectivity index (χ1n) is 15.7. The van der Waals surface area contributed by atoms with Gasteiger partial charge < -0.3 is 35.0 Å². The van der Waals surface area contributed by atoms with E-state index in [1.807, 2.05) is 36.6 Å². The third-order valence-electron chi connectivity index (χ3n) is 8.17. The number of likely N-dealkylation sites (tertiary alicyclic amines) is 1. The number of carbonyl (C=O) groups excluding carboxylic acids is 4. The second-order valence-electron chi connectivity index (χ2n) is 11.7. The van der Waals surface area contributed by atoms with E-state index < -0.39 is 35.7 Å². The van der Waals surface area contributed by atoms with Crippen molar-refractivity contribution in [3.63, 3.8) is 0 Å². The van der Waals surface area contributed by atoms with Crippen molar-refractivity contribution >= 4 is 45.1 Å². The Hall–Kier alpha value is -4.85. The number of aliphatic hydroxyl groups excluding tert-OH is 1. The third-order valence-corrected chi connectivity index (χ3v) is 9.13. The second-order valence-corrected chi connectivity index (χ2v) is 12.6. The lowest BCUT2D eigenvalue weighted by Crippen LogP contribution is -2.49. The van der Waals surface area contributed by atoms with Crippen LogP contribution in [-0.4, -0.2) is 90.0 Å². The molecule has 13 heteroatoms. The molecule has 11 nitrogen and oxygen atoms in total. The quantitative estimate of drug-likeness (QED) is 0.282. The second kappa shape index (κ2) is 14.5. The van der Waals surface area contributed by atoms with E-state index in [1.54, 1.807) is 11.0 Å². The number of hydrogen-bond donors (Lipinski definition) is 3. The molecule has 1 aromatic heterocycles. The summed E-state index contributed by atoms with van der Waals surface area (Å²) in [5.74, 6) is -2.06. The van der Waals surface area contributed by atoms with Crippen LogP contribution in [0.2, 0.25) is 0 Å². The minimum atomic E-state index is -0.619. The smallest absolute Gasteiger partial charge is 0.255 e. The zero-order chi connectivity index (χ0) is 33.8. The van der Waals surface area contributed by atoms with Crippen LogP contribution in [0.4, 0.5) is 4.39 Å². The summed E-state index contributed by atoms with van der Waals surface area (Å²) in [4.78, 5) is 57.0. The molecule has 2 aliphatic rings. The summed E-state index contributed by atoms with van der Waals surface area (Å²) in [5.41, 5.74) is 1.19. The van der Waals surface area contributed by atoms with Gasteiger partial charge in [0, 0.05) is 58.8 Å². The van der Waals surface area contributed by atoms with Crippen molar-refractivity contribution in [3.8, 4) is 11.5 Å². The Labute approximate surface area is 280 Å². The minimum Gasteiger partial charge on any atom is -0.457 e. The molecule has 4 bridgehead atoms. The Kier molecular flexibility index (Phi) is 9.99. The van der Waals surface area contributed by atoms with Gasteiger partial charge in [0.05, 0.1) is 37.5 Å². The fourth-order valence-electron chi connectivity index (χ4n) is 5.98. The molecule has 250 valence electrons. The number of carbonyl (C=O) groups is 4. The number of hydrogen-bond acceptors (Lipinski definition) is 8. The molecule has 0 saturated carbocycles. The number of aliphatic hydroxyl groups is 1. The predicted octanol–water partition coefficient (Wildman–Crippen LogP) is 3.95. The van der Waals surface area contributed by atoms with Crippen LogP contribution < -0.4 is 15.4 Å². The highest BCUT2D eigenvalue weighted by molar-refractivity contribution is 7.17. The first-order chi connectivity index (χ1) is 23.2. The summed E-state index contributed by atoms with van der Waals surface area (Å²) in [6, 6.07) is 15.4. The summed E-state index contributed by atoms with van der Waals surface area (Å²) < 4.78 is 28.1. The number of fused-ring (bicyclic) bond motifs is 6. The highest BCUT2D eigenvalue weighted by Gasteiger charge is 2.38. The average molecular weight is 675 g/mol. The van der Waals surface area contributed by atoms with Crippen LogP contribution in [0.25, 0.3) is 10.1 Å². The molecule has 0 aliphatic carbocycles. The van der Waals surface area contributed by atoms with E-state index in [0.29, 0.717) is 17.5 Å². The van der Waals surface area contributed by atoms with Crippen LogP contribution in [0.3, 0.4) is 0 Å². The van der Waals surface area contributed by atoms with Gasteiger partial charge in [0.15, 0.2) is 0 Å². The zero-order valence-corrected chi connectivity index (χ0v) is 27.1. The Morgan fingerprint density at radius 3 is 2.71 bits per heavy atom. The molecule has 6 rings (SSSR count). The molecule has 4 amide bonds. The number of nitrogens with one attached hydrogen (secondary N) is 2. The van der Waals surface area contributed by atoms with Gasteiger partial charge in [-0.15, -0.1) is 11.3 Å². The monoisotopic (exact) mass is 674 g/mol. The Morgan fingerprint density at radius 1 is 1.08 bits per heavy atom. The number of ether oxygens (including phenoxy) is 2. The molecule has 3 aromatic carbocycles. The highest BCUT2D eigenvalue weighted by atomic mass is 32.1. The molecule has 4 aromatic rings. The van der Waals surface area contributed by atoms with Crippen molar-refractivity contribution in [1.82, 2.24) is 20.4 Å². The summed E-state index contributed by atoms with van der Waals surface area (Å²) in [7, 11) is 0. The van der Waals surface area contributed by atoms with Crippen LogP contribution in [0, 0.1) is 5.82 Å². The maximum absolute atomic E-state index is 14.8. The molecule has 48 heavy (non-hydrogen) atoms. The molecular weight excluding hydrogens is 639 g/mol. The van der Waals surface area contributed by atoms with Crippen LogP contribution in [0.15, 0.2) is 66.0 Å². The van der Waals surface area contributed by atoms with Crippen molar-refractivity contribution < 1.29 is 38.1 Å². The van der Waals surface area contributed by atoms with Gasteiger partial charge in [-0.25, -0.2) is 4.39 Å². The van der Waals surface area contributed by atoms with Gasteiger partial charge in [-0.05, 0) is 48.4 Å². The third kappa shape index (κ3) is 7.33. The largest absolute Gasteiger partial charge is 0.457 e. The van der Waals surface area contributed by atoms with E-state index >= 15 is 0 Å². The zero-order valence-electron chi connectivity index (χ0n) is 26.2. The summed E-state index contributed by atoms with van der Waals surface area (Å²) in [5, 5.41) is 17.4. The molecular formula is C35H35FN4O7S. The van der Waals surface area contributed by atoms with E-state index in [9.17, 15) is 28.7 Å². The van der Waals surface area contributed by atoms with E-state index in [2.05, 4.69) is 10.6 Å². The van der Waals surface area contributed by atoms with Gasteiger partial charge in [-0.2, -0.15) is 0 Å². The molecule has 2 atom stereocenters. The number of nitrogens with zero attached hydrogens (tertiary/aromatic N) is 2. The highest BCUT2D eigenvalue weighted by Crippen LogP contribution is 2.30. The van der Waals surface area contributed by atoms with Crippen LogP contribution >= 0.6 is 11.3 Å². The molecule has 2 aliphatic heterocycles. The molecule has 0 spiro atoms.